The van der Waals surface area contributed by atoms with Crippen LogP contribution in [-0.2, 0) is 4.74 Å². The molecular formula is C10H10N4O2. The molecule has 0 bridgehead atoms. The normalized spacial score (nSPS) is 10.1. The van der Waals surface area contributed by atoms with Crippen molar-refractivity contribution in [1.82, 2.24) is 14.8 Å². The molecule has 0 saturated carbocycles. The van der Waals surface area contributed by atoms with Gasteiger partial charge in [-0.2, -0.15) is 5.10 Å². The Labute approximate surface area is 91.7 Å². The molecule has 0 radical (unpaired) electrons. The van der Waals surface area contributed by atoms with Crippen LogP contribution in [0.3, 0.4) is 0 Å². The monoisotopic (exact) mass is 218 g/mol. The average Bonchev–Trinajstić information content (AvgIpc) is 2.82. The minimum absolute atomic E-state index is 0.315. The fourth-order valence-electron chi connectivity index (χ4n) is 1.37. The van der Waals surface area contributed by atoms with E-state index in [-0.39, 0.29) is 0 Å². The molecule has 16 heavy (non-hydrogen) atoms. The van der Waals surface area contributed by atoms with Crippen LogP contribution in [0.2, 0.25) is 0 Å². The maximum atomic E-state index is 11.4. The number of hydrogen-bond donors (Lipinski definition) is 1. The van der Waals surface area contributed by atoms with Crippen molar-refractivity contribution in [2.45, 2.75) is 0 Å². The molecule has 1 aromatic carbocycles. The Morgan fingerprint density at radius 1 is 1.50 bits per heavy atom. The first kappa shape index (κ1) is 10.2. The standard InChI is InChI=1S/C10H10N4O2/c1-16-10(15)7-3-2-4-8(9(7)11)14-6-12-5-13-14/h2-6H,11H2,1H3. The van der Waals surface area contributed by atoms with Crippen molar-refractivity contribution in [3.63, 3.8) is 0 Å². The molecule has 82 valence electrons. The minimum Gasteiger partial charge on any atom is -0.465 e. The fraction of sp³-hybridized carbons (Fsp3) is 0.100. The predicted molar refractivity (Wildman–Crippen MR) is 57.1 cm³/mol. The summed E-state index contributed by atoms with van der Waals surface area (Å²) in [6, 6.07) is 5.05. The summed E-state index contributed by atoms with van der Waals surface area (Å²) in [5.41, 5.74) is 7.09. The van der Waals surface area contributed by atoms with E-state index in [4.69, 9.17) is 5.73 Å². The molecule has 1 heterocycles. The number of nitrogens with two attached hydrogens (primary N) is 1. The molecule has 6 heteroatoms. The van der Waals surface area contributed by atoms with Gasteiger partial charge in [0.05, 0.1) is 24.0 Å². The molecule has 6 nitrogen and oxygen atoms in total. The lowest BCUT2D eigenvalue weighted by Crippen LogP contribution is -2.09. The van der Waals surface area contributed by atoms with E-state index in [0.29, 0.717) is 16.9 Å². The average molecular weight is 218 g/mol. The molecule has 2 rings (SSSR count). The summed E-state index contributed by atoms with van der Waals surface area (Å²) in [6.45, 7) is 0. The maximum absolute atomic E-state index is 11.4. The van der Waals surface area contributed by atoms with Gasteiger partial charge >= 0.3 is 5.97 Å². The van der Waals surface area contributed by atoms with Crippen LogP contribution in [0.1, 0.15) is 10.4 Å². The number of carbonyl (C=O) groups excluding carboxylic acids is 1. The van der Waals surface area contributed by atoms with Crippen LogP contribution in [0, 0.1) is 0 Å². The van der Waals surface area contributed by atoms with Crippen LogP contribution in [0.25, 0.3) is 5.69 Å². The molecule has 0 amide bonds. The van der Waals surface area contributed by atoms with E-state index >= 15 is 0 Å². The van der Waals surface area contributed by atoms with Gasteiger partial charge < -0.3 is 10.5 Å². The number of ether oxygens (including phenoxy) is 1. The lowest BCUT2D eigenvalue weighted by molar-refractivity contribution is 0.0602. The van der Waals surface area contributed by atoms with E-state index in [9.17, 15) is 4.79 Å². The van der Waals surface area contributed by atoms with Gasteiger partial charge in [-0.3, -0.25) is 0 Å². The van der Waals surface area contributed by atoms with Gasteiger partial charge in [-0.1, -0.05) is 6.07 Å². The van der Waals surface area contributed by atoms with Crippen LogP contribution in [0.15, 0.2) is 30.9 Å². The van der Waals surface area contributed by atoms with Crippen LogP contribution in [0.5, 0.6) is 0 Å². The summed E-state index contributed by atoms with van der Waals surface area (Å²) < 4.78 is 6.11. The van der Waals surface area contributed by atoms with Crippen LogP contribution < -0.4 is 5.73 Å². The fourth-order valence-corrected chi connectivity index (χ4v) is 1.37. The second-order valence-electron chi connectivity index (χ2n) is 3.07. The van der Waals surface area contributed by atoms with Gasteiger partial charge in [-0.15, -0.1) is 0 Å². The van der Waals surface area contributed by atoms with Crippen molar-refractivity contribution in [3.8, 4) is 5.69 Å². The van der Waals surface area contributed by atoms with E-state index in [1.165, 1.54) is 24.4 Å². The smallest absolute Gasteiger partial charge is 0.340 e. The van der Waals surface area contributed by atoms with Gasteiger partial charge in [0.2, 0.25) is 0 Å². The number of benzene rings is 1. The third kappa shape index (κ3) is 1.60. The Hall–Kier alpha value is -2.37. The van der Waals surface area contributed by atoms with Gasteiger partial charge in [0.25, 0.3) is 0 Å². The quantitative estimate of drug-likeness (QED) is 0.590. The molecule has 0 aliphatic rings. The van der Waals surface area contributed by atoms with Gasteiger partial charge in [-0.25, -0.2) is 14.5 Å². The second-order valence-corrected chi connectivity index (χ2v) is 3.07. The molecule has 0 aliphatic heterocycles. The van der Waals surface area contributed by atoms with Crippen molar-refractivity contribution in [3.05, 3.63) is 36.4 Å². The Morgan fingerprint density at radius 3 is 2.94 bits per heavy atom. The number of anilines is 1. The van der Waals surface area contributed by atoms with Crippen molar-refractivity contribution in [2.24, 2.45) is 0 Å². The Kier molecular flexibility index (Phi) is 2.55. The van der Waals surface area contributed by atoms with Gasteiger partial charge in [0.1, 0.15) is 12.7 Å². The van der Waals surface area contributed by atoms with Gasteiger partial charge in [-0.05, 0) is 12.1 Å². The number of nitrogen functional groups attached to an aromatic ring is 1. The SMILES string of the molecule is COC(=O)c1cccc(-n2cncn2)c1N. The summed E-state index contributed by atoms with van der Waals surface area (Å²) in [4.78, 5) is 15.2. The van der Waals surface area contributed by atoms with E-state index < -0.39 is 5.97 Å². The number of hydrogen-bond acceptors (Lipinski definition) is 5. The largest absolute Gasteiger partial charge is 0.465 e. The zero-order chi connectivity index (χ0) is 11.5. The molecule has 0 unspecified atom stereocenters. The van der Waals surface area contributed by atoms with Gasteiger partial charge in [0.15, 0.2) is 0 Å². The molecule has 0 aliphatic carbocycles. The van der Waals surface area contributed by atoms with Gasteiger partial charge in [0, 0.05) is 0 Å². The number of carbonyl (C=O) groups is 1. The highest BCUT2D eigenvalue weighted by atomic mass is 16.5. The predicted octanol–water partition coefficient (Wildman–Crippen LogP) is 0.636. The number of esters is 1. The molecule has 0 atom stereocenters. The molecule has 1 aromatic heterocycles. The Bertz CT molecular complexity index is 508. The van der Waals surface area contributed by atoms with E-state index in [2.05, 4.69) is 14.8 Å². The minimum atomic E-state index is -0.473. The first-order valence-electron chi connectivity index (χ1n) is 4.56. The molecule has 0 saturated heterocycles. The van der Waals surface area contributed by atoms with Crippen molar-refractivity contribution in [1.29, 1.82) is 0 Å². The summed E-state index contributed by atoms with van der Waals surface area (Å²) >= 11 is 0. The summed E-state index contributed by atoms with van der Waals surface area (Å²) in [6.07, 6.45) is 2.90. The third-order valence-electron chi connectivity index (χ3n) is 2.15. The number of rotatable bonds is 2. The first-order chi connectivity index (χ1) is 7.74. The Balaban J connectivity index is 2.53. The highest BCUT2D eigenvalue weighted by molar-refractivity contribution is 5.96. The third-order valence-corrected chi connectivity index (χ3v) is 2.15. The highest BCUT2D eigenvalue weighted by Crippen LogP contribution is 2.21. The second kappa shape index (κ2) is 4.01. The first-order valence-corrected chi connectivity index (χ1v) is 4.56. The topological polar surface area (TPSA) is 83.0 Å². The lowest BCUT2D eigenvalue weighted by Gasteiger charge is -2.08. The van der Waals surface area contributed by atoms with Crippen molar-refractivity contribution in [2.75, 3.05) is 12.8 Å². The highest BCUT2D eigenvalue weighted by Gasteiger charge is 2.13. The maximum Gasteiger partial charge on any atom is 0.340 e. The zero-order valence-corrected chi connectivity index (χ0v) is 8.62. The van der Waals surface area contributed by atoms with E-state index in [1.807, 2.05) is 0 Å². The van der Waals surface area contributed by atoms with E-state index in [1.54, 1.807) is 18.2 Å². The molecular weight excluding hydrogens is 208 g/mol. The van der Waals surface area contributed by atoms with Crippen LogP contribution >= 0.6 is 0 Å². The summed E-state index contributed by atoms with van der Waals surface area (Å²) in [5, 5.41) is 3.95. The molecule has 2 aromatic rings. The van der Waals surface area contributed by atoms with E-state index in [0.717, 1.165) is 0 Å². The zero-order valence-electron chi connectivity index (χ0n) is 8.62. The van der Waals surface area contributed by atoms with Crippen LogP contribution in [-0.4, -0.2) is 27.8 Å². The Morgan fingerprint density at radius 2 is 2.31 bits per heavy atom. The number of aromatic nitrogens is 3. The summed E-state index contributed by atoms with van der Waals surface area (Å²) in [7, 11) is 1.31. The number of methoxy groups -OCH3 is 1. The molecule has 0 fully saturated rings. The summed E-state index contributed by atoms with van der Waals surface area (Å²) in [5.74, 6) is -0.473. The molecule has 0 spiro atoms. The molecule has 2 N–H and O–H groups in total. The lowest BCUT2D eigenvalue weighted by atomic mass is 10.1. The number of para-hydroxylation sites is 1. The number of nitrogens with zero attached hydrogens (tertiary/aromatic N) is 3. The van der Waals surface area contributed by atoms with Crippen LogP contribution in [0.4, 0.5) is 5.69 Å². The van der Waals surface area contributed by atoms with Crippen molar-refractivity contribution >= 4 is 11.7 Å². The van der Waals surface area contributed by atoms with Crippen molar-refractivity contribution < 1.29 is 9.53 Å².